The Morgan fingerprint density at radius 2 is 1.93 bits per heavy atom. The number of amides is 1. The van der Waals surface area contributed by atoms with Crippen LogP contribution in [-0.2, 0) is 24.2 Å². The molecule has 1 aliphatic heterocycles. The number of halogens is 1. The number of rotatable bonds is 6. The van der Waals surface area contributed by atoms with Crippen molar-refractivity contribution >= 4 is 11.6 Å². The average molecular weight is 392 g/mol. The van der Waals surface area contributed by atoms with Crippen LogP contribution in [0.5, 0.6) is 0 Å². The molecule has 0 aliphatic carbocycles. The SMILES string of the molecule is O=C(CCCc1ccccc1)Nc1ccc(F)c(-c2nnc3n2CCCCC3)c1. The third-order valence-electron chi connectivity index (χ3n) is 5.31. The summed E-state index contributed by atoms with van der Waals surface area (Å²) < 4.78 is 16.5. The molecule has 0 atom stereocenters. The Morgan fingerprint density at radius 3 is 2.79 bits per heavy atom. The number of carbonyl (C=O) groups is 1. The Hall–Kier alpha value is -3.02. The van der Waals surface area contributed by atoms with Crippen molar-refractivity contribution in [1.82, 2.24) is 14.8 Å². The van der Waals surface area contributed by atoms with Crippen molar-refractivity contribution in [3.05, 3.63) is 65.7 Å². The minimum absolute atomic E-state index is 0.0708. The second-order valence-corrected chi connectivity index (χ2v) is 7.48. The number of nitrogens with zero attached hydrogens (tertiary/aromatic N) is 3. The molecule has 0 unspecified atom stereocenters. The maximum absolute atomic E-state index is 14.5. The Labute approximate surface area is 170 Å². The summed E-state index contributed by atoms with van der Waals surface area (Å²) in [5.74, 6) is 1.02. The van der Waals surface area contributed by atoms with Gasteiger partial charge in [0.15, 0.2) is 5.82 Å². The topological polar surface area (TPSA) is 59.8 Å². The van der Waals surface area contributed by atoms with E-state index in [1.807, 2.05) is 22.8 Å². The lowest BCUT2D eigenvalue weighted by molar-refractivity contribution is -0.116. The Bertz CT molecular complexity index is 984. The third-order valence-corrected chi connectivity index (χ3v) is 5.31. The summed E-state index contributed by atoms with van der Waals surface area (Å²) in [4.78, 5) is 12.3. The largest absolute Gasteiger partial charge is 0.326 e. The van der Waals surface area contributed by atoms with Crippen molar-refractivity contribution in [2.24, 2.45) is 0 Å². The highest BCUT2D eigenvalue weighted by Crippen LogP contribution is 2.27. The first-order chi connectivity index (χ1) is 14.2. The van der Waals surface area contributed by atoms with Gasteiger partial charge in [0, 0.05) is 25.1 Å². The van der Waals surface area contributed by atoms with Gasteiger partial charge in [-0.1, -0.05) is 36.8 Å². The van der Waals surface area contributed by atoms with Gasteiger partial charge in [-0.3, -0.25) is 4.79 Å². The van der Waals surface area contributed by atoms with E-state index in [1.165, 1.54) is 11.6 Å². The highest BCUT2D eigenvalue weighted by molar-refractivity contribution is 5.91. The van der Waals surface area contributed by atoms with Crippen LogP contribution < -0.4 is 5.32 Å². The summed E-state index contributed by atoms with van der Waals surface area (Å²) in [6.45, 7) is 0.799. The van der Waals surface area contributed by atoms with Crippen molar-refractivity contribution < 1.29 is 9.18 Å². The molecular weight excluding hydrogens is 367 g/mol. The summed E-state index contributed by atoms with van der Waals surface area (Å²) >= 11 is 0. The minimum Gasteiger partial charge on any atom is -0.326 e. The van der Waals surface area contributed by atoms with Gasteiger partial charge in [0.25, 0.3) is 0 Å². The summed E-state index contributed by atoms with van der Waals surface area (Å²) in [5, 5.41) is 11.4. The first-order valence-electron chi connectivity index (χ1n) is 10.3. The van der Waals surface area contributed by atoms with Crippen LogP contribution in [0.25, 0.3) is 11.4 Å². The molecule has 2 heterocycles. The van der Waals surface area contributed by atoms with E-state index >= 15 is 0 Å². The maximum Gasteiger partial charge on any atom is 0.224 e. The lowest BCUT2D eigenvalue weighted by atomic mass is 10.1. The fraction of sp³-hybridized carbons (Fsp3) is 0.348. The Kier molecular flexibility index (Phi) is 5.98. The van der Waals surface area contributed by atoms with Gasteiger partial charge in [-0.25, -0.2) is 4.39 Å². The molecule has 1 amide bonds. The number of nitrogens with one attached hydrogen (secondary N) is 1. The Balaban J connectivity index is 1.43. The normalized spacial score (nSPS) is 13.6. The first kappa shape index (κ1) is 19.3. The molecule has 150 valence electrons. The van der Waals surface area contributed by atoms with Gasteiger partial charge in [-0.05, 0) is 49.4 Å². The first-order valence-corrected chi connectivity index (χ1v) is 10.3. The van der Waals surface area contributed by atoms with E-state index < -0.39 is 0 Å². The van der Waals surface area contributed by atoms with Gasteiger partial charge in [-0.2, -0.15) is 0 Å². The monoisotopic (exact) mass is 392 g/mol. The fourth-order valence-corrected chi connectivity index (χ4v) is 3.78. The van der Waals surface area contributed by atoms with Gasteiger partial charge in [0.05, 0.1) is 5.56 Å². The number of anilines is 1. The second-order valence-electron chi connectivity index (χ2n) is 7.48. The summed E-state index contributed by atoms with van der Waals surface area (Å²) in [6.07, 6.45) is 6.17. The van der Waals surface area contributed by atoms with Crippen molar-refractivity contribution in [1.29, 1.82) is 0 Å². The summed E-state index contributed by atoms with van der Waals surface area (Å²) in [6, 6.07) is 14.7. The molecule has 1 N–H and O–H groups in total. The van der Waals surface area contributed by atoms with Crippen LogP contribution in [0.2, 0.25) is 0 Å². The van der Waals surface area contributed by atoms with Gasteiger partial charge in [-0.15, -0.1) is 10.2 Å². The van der Waals surface area contributed by atoms with Crippen molar-refractivity contribution in [2.75, 3.05) is 5.32 Å². The average Bonchev–Trinajstić information content (AvgIpc) is 2.98. The zero-order valence-electron chi connectivity index (χ0n) is 16.4. The predicted molar refractivity (Wildman–Crippen MR) is 111 cm³/mol. The highest BCUT2D eigenvalue weighted by atomic mass is 19.1. The Morgan fingerprint density at radius 1 is 1.07 bits per heavy atom. The van der Waals surface area contributed by atoms with Crippen LogP contribution in [0.4, 0.5) is 10.1 Å². The number of aromatic nitrogens is 3. The zero-order valence-corrected chi connectivity index (χ0v) is 16.4. The molecular formula is C23H25FN4O. The van der Waals surface area contributed by atoms with E-state index in [-0.39, 0.29) is 11.7 Å². The fourth-order valence-electron chi connectivity index (χ4n) is 3.78. The third kappa shape index (κ3) is 4.70. The summed E-state index contributed by atoms with van der Waals surface area (Å²) in [7, 11) is 0. The molecule has 29 heavy (non-hydrogen) atoms. The number of aryl methyl sites for hydroxylation is 2. The molecule has 0 saturated heterocycles. The molecule has 4 rings (SSSR count). The summed E-state index contributed by atoms with van der Waals surface area (Å²) in [5.41, 5.74) is 2.18. The molecule has 0 fully saturated rings. The molecule has 5 nitrogen and oxygen atoms in total. The molecule has 3 aromatic rings. The van der Waals surface area contributed by atoms with E-state index in [1.54, 1.807) is 12.1 Å². The molecule has 1 aromatic heterocycles. The molecule has 0 saturated carbocycles. The number of carbonyl (C=O) groups excluding carboxylic acids is 1. The van der Waals surface area contributed by atoms with E-state index in [2.05, 4.69) is 27.6 Å². The van der Waals surface area contributed by atoms with Gasteiger partial charge in [0.1, 0.15) is 11.6 Å². The minimum atomic E-state index is -0.355. The van der Waals surface area contributed by atoms with Gasteiger partial charge < -0.3 is 9.88 Å². The van der Waals surface area contributed by atoms with Crippen LogP contribution in [0.15, 0.2) is 48.5 Å². The smallest absolute Gasteiger partial charge is 0.224 e. The molecule has 2 aromatic carbocycles. The van der Waals surface area contributed by atoms with E-state index in [0.717, 1.165) is 50.9 Å². The van der Waals surface area contributed by atoms with Crippen LogP contribution in [0.1, 0.15) is 43.5 Å². The number of benzene rings is 2. The maximum atomic E-state index is 14.5. The lowest BCUT2D eigenvalue weighted by Crippen LogP contribution is -2.12. The quantitative estimate of drug-likeness (QED) is 0.657. The molecule has 6 heteroatoms. The lowest BCUT2D eigenvalue weighted by Gasteiger charge is -2.10. The highest BCUT2D eigenvalue weighted by Gasteiger charge is 2.19. The number of hydrogen-bond acceptors (Lipinski definition) is 3. The standard InChI is InChI=1S/C23H25FN4O/c24-20-14-13-18(25-22(29)12-7-10-17-8-3-1-4-9-17)16-19(20)23-27-26-21-11-5-2-6-15-28(21)23/h1,3-4,8-9,13-14,16H,2,5-7,10-12,15H2,(H,25,29). The number of hydrogen-bond donors (Lipinski definition) is 1. The van der Waals surface area contributed by atoms with Crippen LogP contribution >= 0.6 is 0 Å². The van der Waals surface area contributed by atoms with E-state index in [9.17, 15) is 9.18 Å². The van der Waals surface area contributed by atoms with E-state index in [4.69, 9.17) is 0 Å². The zero-order chi connectivity index (χ0) is 20.1. The molecule has 1 aliphatic rings. The second kappa shape index (κ2) is 8.99. The van der Waals surface area contributed by atoms with Gasteiger partial charge in [0.2, 0.25) is 5.91 Å². The molecule has 0 radical (unpaired) electrons. The van der Waals surface area contributed by atoms with Crippen LogP contribution in [-0.4, -0.2) is 20.7 Å². The van der Waals surface area contributed by atoms with Crippen LogP contribution in [0.3, 0.4) is 0 Å². The molecule has 0 spiro atoms. The predicted octanol–water partition coefficient (Wildman–Crippen LogP) is 4.77. The molecule has 0 bridgehead atoms. The van der Waals surface area contributed by atoms with Crippen LogP contribution in [0, 0.1) is 5.82 Å². The van der Waals surface area contributed by atoms with E-state index in [0.29, 0.717) is 23.5 Å². The van der Waals surface area contributed by atoms with Crippen molar-refractivity contribution in [2.45, 2.75) is 51.5 Å². The number of fused-ring (bicyclic) bond motifs is 1. The van der Waals surface area contributed by atoms with Crippen molar-refractivity contribution in [3.8, 4) is 11.4 Å². The van der Waals surface area contributed by atoms with Crippen molar-refractivity contribution in [3.63, 3.8) is 0 Å². The van der Waals surface area contributed by atoms with Gasteiger partial charge >= 0.3 is 0 Å².